The molecule has 8 heteroatoms. The van der Waals surface area contributed by atoms with E-state index in [1.165, 1.54) is 17.4 Å². The SMILES string of the molecule is Cc1c(-c2cncs2)cccc1[N+](=O)[O-].O=C(O)O. The van der Waals surface area contributed by atoms with Gasteiger partial charge in [0, 0.05) is 23.4 Å². The van der Waals surface area contributed by atoms with E-state index in [-0.39, 0.29) is 10.6 Å². The molecular weight excluding hydrogens is 272 g/mol. The molecule has 2 aromatic rings. The van der Waals surface area contributed by atoms with Crippen LogP contribution >= 0.6 is 11.3 Å². The van der Waals surface area contributed by atoms with E-state index in [1.807, 2.05) is 6.07 Å². The third-order valence-electron chi connectivity index (χ3n) is 2.20. The zero-order valence-corrected chi connectivity index (χ0v) is 10.6. The van der Waals surface area contributed by atoms with Crippen LogP contribution in [0, 0.1) is 17.0 Å². The summed E-state index contributed by atoms with van der Waals surface area (Å²) >= 11 is 1.48. The predicted octanol–water partition coefficient (Wildman–Crippen LogP) is 3.25. The summed E-state index contributed by atoms with van der Waals surface area (Å²) in [6.45, 7) is 1.76. The number of aromatic nitrogens is 1. The van der Waals surface area contributed by atoms with Crippen molar-refractivity contribution in [1.82, 2.24) is 4.98 Å². The van der Waals surface area contributed by atoms with E-state index in [4.69, 9.17) is 15.0 Å². The van der Waals surface area contributed by atoms with Crippen LogP contribution in [0.25, 0.3) is 10.4 Å². The molecule has 0 saturated heterocycles. The maximum Gasteiger partial charge on any atom is 0.503 e. The van der Waals surface area contributed by atoms with Gasteiger partial charge in [0.2, 0.25) is 0 Å². The standard InChI is InChI=1S/C10H8N2O2S.CH2O3/c1-7-8(10-5-11-6-15-10)3-2-4-9(7)12(13)14;2-1(3)4/h2-6H,1H3;(H2,2,3,4). The molecule has 19 heavy (non-hydrogen) atoms. The van der Waals surface area contributed by atoms with Crippen molar-refractivity contribution in [2.75, 3.05) is 0 Å². The number of benzene rings is 1. The Morgan fingerprint density at radius 2 is 2.05 bits per heavy atom. The molecule has 0 bridgehead atoms. The van der Waals surface area contributed by atoms with Crippen LogP contribution in [0.1, 0.15) is 5.56 Å². The minimum absolute atomic E-state index is 0.154. The lowest BCUT2D eigenvalue weighted by atomic mass is 10.1. The lowest BCUT2D eigenvalue weighted by Crippen LogP contribution is -1.92. The fourth-order valence-electron chi connectivity index (χ4n) is 1.44. The van der Waals surface area contributed by atoms with Crippen molar-refractivity contribution in [2.24, 2.45) is 0 Å². The average molecular weight is 282 g/mol. The third-order valence-corrected chi connectivity index (χ3v) is 3.01. The van der Waals surface area contributed by atoms with Crippen molar-refractivity contribution < 1.29 is 19.9 Å². The summed E-state index contributed by atoms with van der Waals surface area (Å²) in [5.41, 5.74) is 3.44. The predicted molar refractivity (Wildman–Crippen MR) is 69.6 cm³/mol. The van der Waals surface area contributed by atoms with E-state index in [2.05, 4.69) is 4.98 Å². The number of rotatable bonds is 2. The van der Waals surface area contributed by atoms with Crippen LogP contribution in [-0.2, 0) is 0 Å². The summed E-state index contributed by atoms with van der Waals surface area (Å²) in [4.78, 5) is 23.8. The third kappa shape index (κ3) is 4.03. The number of nitro groups is 1. The highest BCUT2D eigenvalue weighted by molar-refractivity contribution is 7.13. The van der Waals surface area contributed by atoms with Gasteiger partial charge in [-0.2, -0.15) is 0 Å². The molecule has 0 spiro atoms. The molecule has 2 N–H and O–H groups in total. The zero-order valence-electron chi connectivity index (χ0n) is 9.81. The summed E-state index contributed by atoms with van der Waals surface area (Å²) in [6.07, 6.45) is -0.114. The van der Waals surface area contributed by atoms with E-state index >= 15 is 0 Å². The molecule has 2 rings (SSSR count). The van der Waals surface area contributed by atoms with Gasteiger partial charge >= 0.3 is 6.16 Å². The minimum Gasteiger partial charge on any atom is -0.450 e. The maximum absolute atomic E-state index is 10.7. The smallest absolute Gasteiger partial charge is 0.450 e. The highest BCUT2D eigenvalue weighted by atomic mass is 32.1. The number of nitro benzene ring substituents is 1. The van der Waals surface area contributed by atoms with E-state index in [1.54, 1.807) is 24.7 Å². The van der Waals surface area contributed by atoms with Crippen molar-refractivity contribution in [2.45, 2.75) is 6.92 Å². The molecule has 0 fully saturated rings. The lowest BCUT2D eigenvalue weighted by molar-refractivity contribution is -0.385. The van der Waals surface area contributed by atoms with Gasteiger partial charge in [0.15, 0.2) is 0 Å². The molecule has 0 atom stereocenters. The maximum atomic E-state index is 10.7. The largest absolute Gasteiger partial charge is 0.503 e. The number of hydrogen-bond acceptors (Lipinski definition) is 5. The fourth-order valence-corrected chi connectivity index (χ4v) is 2.14. The van der Waals surface area contributed by atoms with E-state index in [9.17, 15) is 10.1 Å². The highest BCUT2D eigenvalue weighted by Gasteiger charge is 2.14. The quantitative estimate of drug-likeness (QED) is 0.645. The molecule has 0 amide bonds. The Hall–Kier alpha value is -2.48. The van der Waals surface area contributed by atoms with Crippen LogP contribution in [0.2, 0.25) is 0 Å². The normalized spacial score (nSPS) is 9.32. The molecule has 1 aromatic heterocycles. The second-order valence-electron chi connectivity index (χ2n) is 3.36. The Kier molecular flexibility index (Phi) is 4.95. The van der Waals surface area contributed by atoms with E-state index in [0.29, 0.717) is 5.56 Å². The first-order chi connectivity index (χ1) is 8.93. The van der Waals surface area contributed by atoms with Gasteiger partial charge in [0.05, 0.1) is 15.3 Å². The van der Waals surface area contributed by atoms with Crippen molar-refractivity contribution in [3.05, 3.63) is 45.6 Å². The van der Waals surface area contributed by atoms with Gasteiger partial charge in [-0.1, -0.05) is 12.1 Å². The van der Waals surface area contributed by atoms with Crippen molar-refractivity contribution in [3.8, 4) is 10.4 Å². The summed E-state index contributed by atoms with van der Waals surface area (Å²) in [5.74, 6) is 0. The first-order valence-corrected chi connectivity index (χ1v) is 5.86. The van der Waals surface area contributed by atoms with Crippen LogP contribution in [0.4, 0.5) is 10.5 Å². The summed E-state index contributed by atoms with van der Waals surface area (Å²) in [5, 5.41) is 24.7. The number of nitrogens with zero attached hydrogens (tertiary/aromatic N) is 2. The first-order valence-electron chi connectivity index (χ1n) is 4.98. The van der Waals surface area contributed by atoms with Crippen LogP contribution < -0.4 is 0 Å². The van der Waals surface area contributed by atoms with Gasteiger partial charge in [0.25, 0.3) is 5.69 Å². The molecule has 1 heterocycles. The molecule has 0 aliphatic rings. The highest BCUT2D eigenvalue weighted by Crippen LogP contribution is 2.31. The number of hydrogen-bond donors (Lipinski definition) is 2. The Balaban J connectivity index is 0.000000399. The summed E-state index contributed by atoms with van der Waals surface area (Å²) < 4.78 is 0. The molecule has 0 aliphatic carbocycles. The van der Waals surface area contributed by atoms with E-state index < -0.39 is 6.16 Å². The second-order valence-corrected chi connectivity index (χ2v) is 4.24. The topological polar surface area (TPSA) is 114 Å². The zero-order chi connectivity index (χ0) is 14.4. The second kappa shape index (κ2) is 6.45. The van der Waals surface area contributed by atoms with Crippen molar-refractivity contribution in [3.63, 3.8) is 0 Å². The molecule has 0 unspecified atom stereocenters. The lowest BCUT2D eigenvalue weighted by Gasteiger charge is -2.02. The molecule has 1 aromatic carbocycles. The Morgan fingerprint density at radius 3 is 2.53 bits per heavy atom. The molecule has 7 nitrogen and oxygen atoms in total. The van der Waals surface area contributed by atoms with Crippen LogP contribution in [0.3, 0.4) is 0 Å². The van der Waals surface area contributed by atoms with Crippen molar-refractivity contribution >= 4 is 23.2 Å². The summed E-state index contributed by atoms with van der Waals surface area (Å²) in [6, 6.07) is 5.08. The van der Waals surface area contributed by atoms with Gasteiger partial charge in [0.1, 0.15) is 0 Å². The first kappa shape index (κ1) is 14.6. The Labute approximate surface area is 111 Å². The van der Waals surface area contributed by atoms with Gasteiger partial charge in [-0.3, -0.25) is 15.1 Å². The molecule has 100 valence electrons. The van der Waals surface area contributed by atoms with E-state index in [0.717, 1.165) is 10.4 Å². The molecule has 0 radical (unpaired) electrons. The van der Waals surface area contributed by atoms with Gasteiger partial charge in [-0.15, -0.1) is 11.3 Å². The Morgan fingerprint density at radius 1 is 1.42 bits per heavy atom. The Bertz CT molecular complexity index is 579. The number of thiazole rings is 1. The van der Waals surface area contributed by atoms with Gasteiger partial charge in [-0.25, -0.2) is 4.79 Å². The van der Waals surface area contributed by atoms with Crippen LogP contribution in [-0.4, -0.2) is 26.3 Å². The van der Waals surface area contributed by atoms with Gasteiger partial charge in [-0.05, 0) is 6.92 Å². The minimum atomic E-state index is -1.83. The van der Waals surface area contributed by atoms with Crippen LogP contribution in [0.15, 0.2) is 29.9 Å². The fraction of sp³-hybridized carbons (Fsp3) is 0.0909. The summed E-state index contributed by atoms with van der Waals surface area (Å²) in [7, 11) is 0. The van der Waals surface area contributed by atoms with Crippen LogP contribution in [0.5, 0.6) is 0 Å². The molecule has 0 saturated carbocycles. The monoisotopic (exact) mass is 282 g/mol. The number of carbonyl (C=O) groups is 1. The number of carboxylic acid groups (broad SMARTS) is 2. The molecule has 0 aliphatic heterocycles. The van der Waals surface area contributed by atoms with Gasteiger partial charge < -0.3 is 10.2 Å². The average Bonchev–Trinajstić information content (AvgIpc) is 2.81. The van der Waals surface area contributed by atoms with Crippen molar-refractivity contribution in [1.29, 1.82) is 0 Å². The molecular formula is C11H10N2O5S.